The molecule has 0 bridgehead atoms. The fourth-order valence-corrected chi connectivity index (χ4v) is 4.93. The van der Waals surface area contributed by atoms with Gasteiger partial charge in [0.15, 0.2) is 5.78 Å². The molecule has 1 amide bonds. The summed E-state index contributed by atoms with van der Waals surface area (Å²) < 4.78 is 1.18. The highest BCUT2D eigenvalue weighted by atomic mass is 32.1. The van der Waals surface area contributed by atoms with E-state index in [-0.39, 0.29) is 11.7 Å². The van der Waals surface area contributed by atoms with Crippen LogP contribution in [0.15, 0.2) is 90.4 Å². The molecule has 168 valence electrons. The number of thiophene rings is 1. The molecule has 0 fully saturated rings. The van der Waals surface area contributed by atoms with Crippen LogP contribution in [0.1, 0.15) is 21.5 Å². The van der Waals surface area contributed by atoms with Gasteiger partial charge in [-0.2, -0.15) is 0 Å². The number of carbonyl (C=O) groups is 2. The highest BCUT2D eigenvalue weighted by Gasteiger charge is 2.17. The number of nitrogens with one attached hydrogen (secondary N) is 2. The van der Waals surface area contributed by atoms with Crippen molar-refractivity contribution in [1.29, 1.82) is 0 Å². The third-order valence-electron chi connectivity index (χ3n) is 5.79. The maximum absolute atomic E-state index is 12.8. The van der Waals surface area contributed by atoms with Crippen molar-refractivity contribution < 1.29 is 9.59 Å². The summed E-state index contributed by atoms with van der Waals surface area (Å²) in [5, 5.41) is 7.07. The van der Waals surface area contributed by atoms with E-state index in [0.717, 1.165) is 27.4 Å². The molecule has 6 heteroatoms. The summed E-state index contributed by atoms with van der Waals surface area (Å²) in [5.74, 6) is -0.426. The molecule has 4 N–H and O–H groups in total. The van der Waals surface area contributed by atoms with Crippen molar-refractivity contribution in [3.05, 3.63) is 107 Å². The number of amides is 1. The average molecular weight is 466 g/mol. The molecule has 1 unspecified atom stereocenters. The van der Waals surface area contributed by atoms with Crippen molar-refractivity contribution in [3.63, 3.8) is 0 Å². The predicted octanol–water partition coefficient (Wildman–Crippen LogP) is 5.79. The molecule has 0 saturated carbocycles. The summed E-state index contributed by atoms with van der Waals surface area (Å²) in [4.78, 5) is 28.7. The second-order valence-corrected chi connectivity index (χ2v) is 9.04. The molecule has 5 aromatic rings. The van der Waals surface area contributed by atoms with E-state index in [1.54, 1.807) is 41.7 Å². The van der Waals surface area contributed by atoms with Crippen LogP contribution in [0.2, 0.25) is 0 Å². The van der Waals surface area contributed by atoms with Gasteiger partial charge in [0.25, 0.3) is 0 Å². The zero-order chi connectivity index (χ0) is 23.5. The van der Waals surface area contributed by atoms with E-state index in [1.807, 2.05) is 60.1 Å². The number of benzene rings is 3. The summed E-state index contributed by atoms with van der Waals surface area (Å²) in [6.07, 6.45) is 5.70. The number of hydrogen-bond donors (Lipinski definition) is 3. The maximum atomic E-state index is 12.8. The van der Waals surface area contributed by atoms with Gasteiger partial charge in [-0.1, -0.05) is 48.5 Å². The van der Waals surface area contributed by atoms with Crippen LogP contribution in [0.25, 0.3) is 27.1 Å². The Hall–Kier alpha value is -4.00. The van der Waals surface area contributed by atoms with Crippen molar-refractivity contribution >= 4 is 55.8 Å². The first-order chi connectivity index (χ1) is 16.6. The van der Waals surface area contributed by atoms with Crippen LogP contribution >= 0.6 is 11.3 Å². The van der Waals surface area contributed by atoms with Crippen molar-refractivity contribution in [2.24, 2.45) is 5.73 Å². The Bertz CT molecular complexity index is 1530. The SMILES string of the molecule is NC(Cc1c[nH]c2ccccc12)C(=O)Nc1cccc(C(=O)/C=C/c2csc3ccccc23)c1. The van der Waals surface area contributed by atoms with Gasteiger partial charge in [-0.3, -0.25) is 9.59 Å². The number of H-pyrrole nitrogens is 1. The number of aromatic nitrogens is 1. The van der Waals surface area contributed by atoms with Gasteiger partial charge >= 0.3 is 0 Å². The number of fused-ring (bicyclic) bond motifs is 2. The Morgan fingerprint density at radius 3 is 2.68 bits per heavy atom. The van der Waals surface area contributed by atoms with Crippen molar-refractivity contribution in [2.45, 2.75) is 12.5 Å². The quantitative estimate of drug-likeness (QED) is 0.210. The van der Waals surface area contributed by atoms with E-state index in [2.05, 4.69) is 16.4 Å². The molecule has 0 aliphatic heterocycles. The molecule has 0 radical (unpaired) electrons. The molecular formula is C28H23N3O2S. The summed E-state index contributed by atoms with van der Waals surface area (Å²) in [5.41, 5.74) is 10.3. The second kappa shape index (κ2) is 9.47. The molecule has 34 heavy (non-hydrogen) atoms. The van der Waals surface area contributed by atoms with Crippen LogP contribution < -0.4 is 11.1 Å². The van der Waals surface area contributed by atoms with Crippen LogP contribution in [0.4, 0.5) is 5.69 Å². The number of allylic oxidation sites excluding steroid dienone is 1. The fraction of sp³-hybridized carbons (Fsp3) is 0.0714. The van der Waals surface area contributed by atoms with Gasteiger partial charge in [-0.15, -0.1) is 11.3 Å². The number of hydrogen-bond acceptors (Lipinski definition) is 4. The van der Waals surface area contributed by atoms with E-state index in [0.29, 0.717) is 17.7 Å². The minimum atomic E-state index is -0.717. The van der Waals surface area contributed by atoms with E-state index >= 15 is 0 Å². The largest absolute Gasteiger partial charge is 0.361 e. The lowest BCUT2D eigenvalue weighted by Gasteiger charge is -2.12. The Balaban J connectivity index is 1.26. The number of aromatic amines is 1. The maximum Gasteiger partial charge on any atom is 0.241 e. The van der Waals surface area contributed by atoms with E-state index < -0.39 is 6.04 Å². The molecule has 0 aliphatic carbocycles. The number of nitrogens with two attached hydrogens (primary N) is 1. The molecule has 2 aromatic heterocycles. The van der Waals surface area contributed by atoms with Gasteiger partial charge in [0.1, 0.15) is 0 Å². The van der Waals surface area contributed by atoms with Crippen LogP contribution in [-0.2, 0) is 11.2 Å². The number of carbonyl (C=O) groups excluding carboxylic acids is 2. The second-order valence-electron chi connectivity index (χ2n) is 8.12. The van der Waals surface area contributed by atoms with Crippen molar-refractivity contribution in [3.8, 4) is 0 Å². The minimum absolute atomic E-state index is 0.130. The highest BCUT2D eigenvalue weighted by molar-refractivity contribution is 7.17. The molecule has 3 aromatic carbocycles. The van der Waals surface area contributed by atoms with Gasteiger partial charge in [0.05, 0.1) is 6.04 Å². The number of para-hydroxylation sites is 1. The topological polar surface area (TPSA) is 88.0 Å². The molecule has 5 rings (SSSR count). The minimum Gasteiger partial charge on any atom is -0.361 e. The number of rotatable bonds is 7. The van der Waals surface area contributed by atoms with Crippen molar-refractivity contribution in [2.75, 3.05) is 5.32 Å². The molecule has 0 aliphatic rings. The van der Waals surface area contributed by atoms with E-state index in [4.69, 9.17) is 5.73 Å². The first-order valence-electron chi connectivity index (χ1n) is 11.0. The normalized spacial score (nSPS) is 12.4. The zero-order valence-electron chi connectivity index (χ0n) is 18.3. The molecular weight excluding hydrogens is 442 g/mol. The van der Waals surface area contributed by atoms with Crippen LogP contribution in [-0.4, -0.2) is 22.7 Å². The van der Waals surface area contributed by atoms with Gasteiger partial charge in [-0.05, 0) is 64.7 Å². The van der Waals surface area contributed by atoms with E-state index in [1.165, 1.54) is 4.70 Å². The lowest BCUT2D eigenvalue weighted by Crippen LogP contribution is -2.37. The molecule has 2 heterocycles. The standard InChI is InChI=1S/C28H23N3O2S/c29-24(15-20-16-30-25-10-3-1-8-22(20)25)28(33)31-21-7-5-6-18(14-21)26(32)13-12-19-17-34-27-11-4-2-9-23(19)27/h1-14,16-17,24,30H,15,29H2,(H,31,33)/b13-12+. The summed E-state index contributed by atoms with van der Waals surface area (Å²) in [7, 11) is 0. The number of ketones is 1. The van der Waals surface area contributed by atoms with Crippen LogP contribution in [0.5, 0.6) is 0 Å². The highest BCUT2D eigenvalue weighted by Crippen LogP contribution is 2.27. The molecule has 1 atom stereocenters. The Labute approximate surface area is 200 Å². The van der Waals surface area contributed by atoms with Crippen molar-refractivity contribution in [1.82, 2.24) is 4.98 Å². The van der Waals surface area contributed by atoms with Gasteiger partial charge < -0.3 is 16.0 Å². The zero-order valence-corrected chi connectivity index (χ0v) is 19.1. The lowest BCUT2D eigenvalue weighted by molar-refractivity contribution is -0.117. The first-order valence-corrected chi connectivity index (χ1v) is 11.9. The molecule has 0 saturated heterocycles. The Morgan fingerprint density at radius 1 is 1.00 bits per heavy atom. The smallest absolute Gasteiger partial charge is 0.241 e. The van der Waals surface area contributed by atoms with Crippen LogP contribution in [0, 0.1) is 0 Å². The van der Waals surface area contributed by atoms with E-state index in [9.17, 15) is 9.59 Å². The average Bonchev–Trinajstić information content (AvgIpc) is 3.47. The Morgan fingerprint density at radius 2 is 1.79 bits per heavy atom. The van der Waals surface area contributed by atoms with Crippen LogP contribution in [0.3, 0.4) is 0 Å². The number of anilines is 1. The van der Waals surface area contributed by atoms with Gasteiger partial charge in [0.2, 0.25) is 5.91 Å². The molecule has 0 spiro atoms. The fourth-order valence-electron chi connectivity index (χ4n) is 4.00. The predicted molar refractivity (Wildman–Crippen MR) is 140 cm³/mol. The molecule has 5 nitrogen and oxygen atoms in total. The summed E-state index contributed by atoms with van der Waals surface area (Å²) in [6, 6.07) is 22.2. The van der Waals surface area contributed by atoms with Gasteiger partial charge in [-0.25, -0.2) is 0 Å². The monoisotopic (exact) mass is 465 g/mol. The summed E-state index contributed by atoms with van der Waals surface area (Å²) >= 11 is 1.65. The lowest BCUT2D eigenvalue weighted by atomic mass is 10.0. The van der Waals surface area contributed by atoms with Gasteiger partial charge in [0, 0.05) is 33.1 Å². The summed E-state index contributed by atoms with van der Waals surface area (Å²) in [6.45, 7) is 0. The Kier molecular flexibility index (Phi) is 6.08. The third-order valence-corrected chi connectivity index (χ3v) is 6.77. The third kappa shape index (κ3) is 4.55. The first kappa shape index (κ1) is 21.8.